The largest absolute Gasteiger partial charge is 0.396 e. The molecule has 0 saturated heterocycles. The Bertz CT molecular complexity index is 397. The lowest BCUT2D eigenvalue weighted by atomic mass is 10.1. The minimum absolute atomic E-state index is 0.256. The molecule has 0 fully saturated rings. The van der Waals surface area contributed by atoms with Crippen LogP contribution in [0.3, 0.4) is 0 Å². The highest BCUT2D eigenvalue weighted by molar-refractivity contribution is 5.45. The van der Waals surface area contributed by atoms with E-state index in [1.54, 1.807) is 0 Å². The Morgan fingerprint density at radius 2 is 1.94 bits per heavy atom. The van der Waals surface area contributed by atoms with Gasteiger partial charge in [-0.05, 0) is 24.1 Å². The quantitative estimate of drug-likeness (QED) is 0.777. The zero-order valence-electron chi connectivity index (χ0n) is 11.1. The lowest BCUT2D eigenvalue weighted by Crippen LogP contribution is -2.26. The van der Waals surface area contributed by atoms with Gasteiger partial charge in [0.2, 0.25) is 0 Å². The van der Waals surface area contributed by atoms with Crippen LogP contribution in [0.1, 0.15) is 12.0 Å². The highest BCUT2D eigenvalue weighted by Crippen LogP contribution is 2.18. The zero-order chi connectivity index (χ0) is 13.0. The first kappa shape index (κ1) is 13.1. The van der Waals surface area contributed by atoms with Crippen LogP contribution in [-0.2, 0) is 6.54 Å². The molecule has 3 heteroatoms. The van der Waals surface area contributed by atoms with Crippen molar-refractivity contribution >= 4 is 5.69 Å². The first-order valence-corrected chi connectivity index (χ1v) is 6.48. The molecule has 1 aromatic rings. The SMILES string of the molecule is CN(C)c1ccc(CN[C@@H]2C=C[C@H](CO)C2)cc1. The van der Waals surface area contributed by atoms with Crippen LogP contribution < -0.4 is 10.2 Å². The lowest BCUT2D eigenvalue weighted by Gasteiger charge is -2.15. The van der Waals surface area contributed by atoms with E-state index >= 15 is 0 Å². The number of rotatable bonds is 5. The van der Waals surface area contributed by atoms with E-state index in [-0.39, 0.29) is 6.61 Å². The maximum Gasteiger partial charge on any atom is 0.0494 e. The second-order valence-electron chi connectivity index (χ2n) is 5.11. The average Bonchev–Trinajstić information content (AvgIpc) is 2.85. The van der Waals surface area contributed by atoms with E-state index in [4.69, 9.17) is 5.11 Å². The summed E-state index contributed by atoms with van der Waals surface area (Å²) in [6.07, 6.45) is 5.27. The van der Waals surface area contributed by atoms with Crippen LogP contribution in [0.15, 0.2) is 36.4 Å². The molecule has 0 spiro atoms. The molecule has 0 amide bonds. The van der Waals surface area contributed by atoms with Crippen molar-refractivity contribution in [1.82, 2.24) is 5.32 Å². The van der Waals surface area contributed by atoms with Crippen molar-refractivity contribution in [1.29, 1.82) is 0 Å². The number of hydrogen-bond acceptors (Lipinski definition) is 3. The highest BCUT2D eigenvalue weighted by Gasteiger charge is 2.17. The molecular formula is C15H22N2O. The molecule has 0 aromatic heterocycles. The first-order chi connectivity index (χ1) is 8.69. The maximum absolute atomic E-state index is 9.07. The molecule has 2 N–H and O–H groups in total. The minimum atomic E-state index is 0.256. The fourth-order valence-electron chi connectivity index (χ4n) is 2.22. The number of nitrogens with zero attached hydrogens (tertiary/aromatic N) is 1. The highest BCUT2D eigenvalue weighted by atomic mass is 16.3. The van der Waals surface area contributed by atoms with Crippen LogP contribution in [-0.4, -0.2) is 31.9 Å². The molecule has 98 valence electrons. The van der Waals surface area contributed by atoms with Crippen molar-refractivity contribution in [2.75, 3.05) is 25.6 Å². The Labute approximate surface area is 109 Å². The van der Waals surface area contributed by atoms with Gasteiger partial charge in [-0.1, -0.05) is 24.3 Å². The first-order valence-electron chi connectivity index (χ1n) is 6.48. The van der Waals surface area contributed by atoms with Crippen molar-refractivity contribution in [3.05, 3.63) is 42.0 Å². The molecule has 0 bridgehead atoms. The van der Waals surface area contributed by atoms with Crippen LogP contribution in [0.5, 0.6) is 0 Å². The van der Waals surface area contributed by atoms with E-state index in [1.165, 1.54) is 11.3 Å². The molecule has 0 heterocycles. The third-order valence-corrected chi connectivity index (χ3v) is 3.43. The van der Waals surface area contributed by atoms with Gasteiger partial charge in [0.15, 0.2) is 0 Å². The Balaban J connectivity index is 1.82. The molecule has 1 aromatic carbocycles. The molecule has 0 unspecified atom stereocenters. The van der Waals surface area contributed by atoms with Crippen molar-refractivity contribution in [2.45, 2.75) is 19.0 Å². The molecule has 0 aliphatic heterocycles. The summed E-state index contributed by atoms with van der Waals surface area (Å²) in [5.74, 6) is 0.332. The molecule has 1 aliphatic rings. The van der Waals surface area contributed by atoms with Gasteiger partial charge in [0.25, 0.3) is 0 Å². The van der Waals surface area contributed by atoms with Gasteiger partial charge in [0.1, 0.15) is 0 Å². The van der Waals surface area contributed by atoms with Crippen molar-refractivity contribution in [2.24, 2.45) is 5.92 Å². The second-order valence-corrected chi connectivity index (χ2v) is 5.11. The number of aliphatic hydroxyl groups excluding tert-OH is 1. The fraction of sp³-hybridized carbons (Fsp3) is 0.467. The van der Waals surface area contributed by atoms with E-state index in [1.807, 2.05) is 14.1 Å². The smallest absolute Gasteiger partial charge is 0.0494 e. The second kappa shape index (κ2) is 6.03. The normalized spacial score (nSPS) is 22.4. The monoisotopic (exact) mass is 246 g/mol. The topological polar surface area (TPSA) is 35.5 Å². The van der Waals surface area contributed by atoms with E-state index in [0.717, 1.165) is 13.0 Å². The van der Waals surface area contributed by atoms with Crippen LogP contribution in [0.4, 0.5) is 5.69 Å². The summed E-state index contributed by atoms with van der Waals surface area (Å²) in [7, 11) is 4.09. The van der Waals surface area contributed by atoms with E-state index < -0.39 is 0 Å². The number of anilines is 1. The summed E-state index contributed by atoms with van der Waals surface area (Å²) in [5, 5.41) is 12.6. The Kier molecular flexibility index (Phi) is 4.39. The van der Waals surface area contributed by atoms with Gasteiger partial charge in [-0.25, -0.2) is 0 Å². The standard InChI is InChI=1S/C15H22N2O/c1-17(2)15-7-4-12(5-8-15)10-16-14-6-3-13(9-14)11-18/h3-8,13-14,16,18H,9-11H2,1-2H3/t13-,14+/m0/s1. The number of aliphatic hydroxyl groups is 1. The van der Waals surface area contributed by atoms with E-state index in [0.29, 0.717) is 12.0 Å². The van der Waals surface area contributed by atoms with Crippen LogP contribution >= 0.6 is 0 Å². The summed E-state index contributed by atoms with van der Waals surface area (Å²) < 4.78 is 0. The molecule has 1 aliphatic carbocycles. The van der Waals surface area contributed by atoms with Crippen molar-refractivity contribution in [3.63, 3.8) is 0 Å². The van der Waals surface area contributed by atoms with Crippen molar-refractivity contribution in [3.8, 4) is 0 Å². The average molecular weight is 246 g/mol. The van der Waals surface area contributed by atoms with Gasteiger partial charge >= 0.3 is 0 Å². The van der Waals surface area contributed by atoms with Crippen LogP contribution in [0, 0.1) is 5.92 Å². The molecular weight excluding hydrogens is 224 g/mol. The molecule has 3 nitrogen and oxygen atoms in total. The van der Waals surface area contributed by atoms with Gasteiger partial charge in [0.05, 0.1) is 0 Å². The van der Waals surface area contributed by atoms with Gasteiger partial charge in [0, 0.05) is 44.9 Å². The Morgan fingerprint density at radius 1 is 1.22 bits per heavy atom. The molecule has 0 saturated carbocycles. The predicted octanol–water partition coefficient (Wildman–Crippen LogP) is 1.78. The van der Waals surface area contributed by atoms with E-state index in [2.05, 4.69) is 46.6 Å². The van der Waals surface area contributed by atoms with Gasteiger partial charge in [-0.3, -0.25) is 0 Å². The number of hydrogen-bond donors (Lipinski definition) is 2. The van der Waals surface area contributed by atoms with Crippen LogP contribution in [0.2, 0.25) is 0 Å². The lowest BCUT2D eigenvalue weighted by molar-refractivity contribution is 0.246. The Morgan fingerprint density at radius 3 is 2.50 bits per heavy atom. The third-order valence-electron chi connectivity index (χ3n) is 3.43. The summed E-state index contributed by atoms with van der Waals surface area (Å²) in [4.78, 5) is 2.10. The number of benzene rings is 1. The summed E-state index contributed by atoms with van der Waals surface area (Å²) in [6, 6.07) is 8.99. The van der Waals surface area contributed by atoms with Gasteiger partial charge < -0.3 is 15.3 Å². The molecule has 2 rings (SSSR count). The van der Waals surface area contributed by atoms with E-state index in [9.17, 15) is 0 Å². The summed E-state index contributed by atoms with van der Waals surface area (Å²) >= 11 is 0. The predicted molar refractivity (Wildman–Crippen MR) is 75.7 cm³/mol. The Hall–Kier alpha value is -1.32. The maximum atomic E-state index is 9.07. The molecule has 2 atom stereocenters. The fourth-order valence-corrected chi connectivity index (χ4v) is 2.22. The minimum Gasteiger partial charge on any atom is -0.396 e. The molecule has 0 radical (unpaired) electrons. The van der Waals surface area contributed by atoms with Gasteiger partial charge in [-0.2, -0.15) is 0 Å². The summed E-state index contributed by atoms with van der Waals surface area (Å²) in [5.41, 5.74) is 2.52. The molecule has 18 heavy (non-hydrogen) atoms. The van der Waals surface area contributed by atoms with Crippen LogP contribution in [0.25, 0.3) is 0 Å². The zero-order valence-corrected chi connectivity index (χ0v) is 11.1. The third kappa shape index (κ3) is 3.34. The van der Waals surface area contributed by atoms with Crippen molar-refractivity contribution < 1.29 is 5.11 Å². The summed E-state index contributed by atoms with van der Waals surface area (Å²) in [6.45, 7) is 1.13. The van der Waals surface area contributed by atoms with Gasteiger partial charge in [-0.15, -0.1) is 0 Å². The number of nitrogens with one attached hydrogen (secondary N) is 1.